The first-order valence-electron chi connectivity index (χ1n) is 8.33. The average molecular weight is 280 g/mol. The van der Waals surface area contributed by atoms with Gasteiger partial charge in [-0.3, -0.25) is 0 Å². The second-order valence-electron chi connectivity index (χ2n) is 7.43. The van der Waals surface area contributed by atoms with Crippen molar-refractivity contribution in [3.05, 3.63) is 0 Å². The molecule has 0 amide bonds. The van der Waals surface area contributed by atoms with Crippen molar-refractivity contribution in [1.82, 2.24) is 0 Å². The van der Waals surface area contributed by atoms with Crippen molar-refractivity contribution in [3.63, 3.8) is 0 Å². The van der Waals surface area contributed by atoms with Crippen LogP contribution in [0.5, 0.6) is 0 Å². The number of fused-ring (bicyclic) bond motifs is 5. The zero-order valence-corrected chi connectivity index (χ0v) is 11.9. The Morgan fingerprint density at radius 2 is 1.45 bits per heavy atom. The summed E-state index contributed by atoms with van der Waals surface area (Å²) in [6.45, 7) is 3.46. The van der Waals surface area contributed by atoms with Crippen LogP contribution in [0.15, 0.2) is 0 Å². The molecule has 20 heavy (non-hydrogen) atoms. The molecule has 2 aliphatic heterocycles. The Hall–Kier alpha value is -0.160. The minimum Gasteiger partial charge on any atom is -0.375 e. The van der Waals surface area contributed by atoms with Crippen LogP contribution in [0.1, 0.15) is 25.7 Å². The molecule has 5 fully saturated rings. The lowest BCUT2D eigenvalue weighted by Gasteiger charge is -2.31. The molecule has 0 aromatic rings. The highest BCUT2D eigenvalue weighted by Gasteiger charge is 2.56. The predicted octanol–water partition coefficient (Wildman–Crippen LogP) is 1.62. The third kappa shape index (κ3) is 2.21. The fraction of sp³-hybridized carbons (Fsp3) is 1.00. The molecule has 4 nitrogen and oxygen atoms in total. The van der Waals surface area contributed by atoms with Gasteiger partial charge in [0.05, 0.1) is 38.6 Å². The molecule has 3 aliphatic carbocycles. The Bertz CT molecular complexity index is 379. The van der Waals surface area contributed by atoms with Gasteiger partial charge >= 0.3 is 0 Å². The van der Waals surface area contributed by atoms with Gasteiger partial charge in [0.1, 0.15) is 12.2 Å². The summed E-state index contributed by atoms with van der Waals surface area (Å²) in [7, 11) is 0. The molecule has 0 N–H and O–H groups in total. The first-order valence-corrected chi connectivity index (χ1v) is 8.33. The van der Waals surface area contributed by atoms with Gasteiger partial charge in [-0.1, -0.05) is 0 Å². The molecule has 2 saturated heterocycles. The van der Waals surface area contributed by atoms with E-state index in [4.69, 9.17) is 18.9 Å². The highest BCUT2D eigenvalue weighted by molar-refractivity contribution is 5.06. The molecular formula is C16H24O4. The Kier molecular flexibility index (Phi) is 2.89. The molecular weight excluding hydrogens is 256 g/mol. The van der Waals surface area contributed by atoms with Crippen molar-refractivity contribution in [2.75, 3.05) is 26.4 Å². The van der Waals surface area contributed by atoms with Crippen LogP contribution in [0.4, 0.5) is 0 Å². The summed E-state index contributed by atoms with van der Waals surface area (Å²) in [6.07, 6.45) is 7.06. The highest BCUT2D eigenvalue weighted by atomic mass is 16.6. The summed E-state index contributed by atoms with van der Waals surface area (Å²) >= 11 is 0. The van der Waals surface area contributed by atoms with E-state index in [0.717, 1.165) is 50.1 Å². The minimum absolute atomic E-state index is 0.404. The maximum Gasteiger partial charge on any atom is 0.104 e. The van der Waals surface area contributed by atoms with Crippen LogP contribution in [-0.4, -0.2) is 50.8 Å². The van der Waals surface area contributed by atoms with Gasteiger partial charge < -0.3 is 18.9 Å². The fourth-order valence-electron chi connectivity index (χ4n) is 5.09. The molecule has 0 aromatic carbocycles. The van der Waals surface area contributed by atoms with Crippen molar-refractivity contribution >= 4 is 0 Å². The van der Waals surface area contributed by atoms with Gasteiger partial charge in [-0.25, -0.2) is 0 Å². The first kappa shape index (κ1) is 12.4. The highest BCUT2D eigenvalue weighted by Crippen LogP contribution is 2.59. The van der Waals surface area contributed by atoms with Gasteiger partial charge in [-0.15, -0.1) is 0 Å². The molecule has 8 unspecified atom stereocenters. The zero-order chi connectivity index (χ0) is 13.1. The van der Waals surface area contributed by atoms with E-state index in [1.54, 1.807) is 0 Å². The lowest BCUT2D eigenvalue weighted by atomic mass is 9.80. The monoisotopic (exact) mass is 280 g/mol. The maximum absolute atomic E-state index is 6.13. The third-order valence-corrected chi connectivity index (χ3v) is 6.18. The van der Waals surface area contributed by atoms with Crippen LogP contribution in [0.3, 0.4) is 0 Å². The quantitative estimate of drug-likeness (QED) is 0.694. The van der Waals surface area contributed by atoms with Gasteiger partial charge in [0.15, 0.2) is 0 Å². The van der Waals surface area contributed by atoms with Crippen molar-refractivity contribution in [3.8, 4) is 0 Å². The van der Waals surface area contributed by atoms with Crippen molar-refractivity contribution in [1.29, 1.82) is 0 Å². The van der Waals surface area contributed by atoms with Gasteiger partial charge in [-0.2, -0.15) is 0 Å². The Morgan fingerprint density at radius 1 is 0.750 bits per heavy atom. The van der Waals surface area contributed by atoms with Crippen LogP contribution in [0, 0.1) is 23.7 Å². The van der Waals surface area contributed by atoms with E-state index < -0.39 is 0 Å². The molecule has 3 saturated carbocycles. The van der Waals surface area contributed by atoms with Crippen molar-refractivity contribution < 1.29 is 18.9 Å². The van der Waals surface area contributed by atoms with Crippen LogP contribution in [0.2, 0.25) is 0 Å². The standard InChI is InChI=1S/C16H24O4/c1-9-2-16(20-8-12-7-19-12)15(1)14-4-10(3-13(9)14)17-5-11-6-18-11/h9-16H,1-8H2. The molecule has 5 rings (SSSR count). The molecule has 5 aliphatic rings. The normalized spacial score (nSPS) is 55.2. The SMILES string of the molecule is C1OC1COC1CC2C3CC(OCC4CO4)C(C3)C2C1. The predicted molar refractivity (Wildman–Crippen MR) is 71.4 cm³/mol. The van der Waals surface area contributed by atoms with E-state index in [2.05, 4.69) is 0 Å². The molecule has 0 spiro atoms. The summed E-state index contributed by atoms with van der Waals surface area (Å²) in [5, 5.41) is 0. The number of ether oxygens (including phenoxy) is 4. The molecule has 0 radical (unpaired) electrons. The second-order valence-corrected chi connectivity index (χ2v) is 7.43. The Balaban J connectivity index is 1.17. The number of hydrogen-bond acceptors (Lipinski definition) is 4. The van der Waals surface area contributed by atoms with Crippen LogP contribution < -0.4 is 0 Å². The topological polar surface area (TPSA) is 43.5 Å². The van der Waals surface area contributed by atoms with E-state index in [1.165, 1.54) is 25.7 Å². The summed E-state index contributed by atoms with van der Waals surface area (Å²) in [5.74, 6) is 3.49. The Morgan fingerprint density at radius 3 is 2.20 bits per heavy atom. The fourth-order valence-corrected chi connectivity index (χ4v) is 5.09. The maximum atomic E-state index is 6.13. The summed E-state index contributed by atoms with van der Waals surface area (Å²) in [6, 6.07) is 0. The molecule has 8 atom stereocenters. The first-order chi connectivity index (χ1) is 9.87. The van der Waals surface area contributed by atoms with Gasteiger partial charge in [0.25, 0.3) is 0 Å². The van der Waals surface area contributed by atoms with Crippen molar-refractivity contribution in [2.45, 2.75) is 50.1 Å². The van der Waals surface area contributed by atoms with E-state index in [0.29, 0.717) is 24.4 Å². The largest absolute Gasteiger partial charge is 0.375 e. The summed E-state index contributed by atoms with van der Waals surface area (Å²) in [5.41, 5.74) is 0. The lowest BCUT2D eigenvalue weighted by molar-refractivity contribution is -0.0172. The molecule has 112 valence electrons. The van der Waals surface area contributed by atoms with Crippen molar-refractivity contribution in [2.24, 2.45) is 23.7 Å². The Labute approximate surface area is 120 Å². The van der Waals surface area contributed by atoms with Gasteiger partial charge in [0.2, 0.25) is 0 Å². The third-order valence-electron chi connectivity index (χ3n) is 6.18. The zero-order valence-electron chi connectivity index (χ0n) is 11.9. The number of hydrogen-bond donors (Lipinski definition) is 0. The van der Waals surface area contributed by atoms with E-state index in [1.807, 2.05) is 0 Å². The number of epoxide rings is 2. The summed E-state index contributed by atoms with van der Waals surface area (Å²) < 4.78 is 22.7. The minimum atomic E-state index is 0.404. The second kappa shape index (κ2) is 4.67. The van der Waals surface area contributed by atoms with E-state index in [-0.39, 0.29) is 0 Å². The molecule has 4 heteroatoms. The lowest BCUT2D eigenvalue weighted by Crippen LogP contribution is -2.31. The van der Waals surface area contributed by atoms with Crippen LogP contribution >= 0.6 is 0 Å². The van der Waals surface area contributed by atoms with E-state index >= 15 is 0 Å². The summed E-state index contributed by atoms with van der Waals surface area (Å²) in [4.78, 5) is 0. The average Bonchev–Trinajstić information content (AvgIpc) is 3.34. The molecule has 2 bridgehead atoms. The van der Waals surface area contributed by atoms with Gasteiger partial charge in [0, 0.05) is 0 Å². The smallest absolute Gasteiger partial charge is 0.104 e. The van der Waals surface area contributed by atoms with Crippen LogP contribution in [0.25, 0.3) is 0 Å². The molecule has 0 aromatic heterocycles. The van der Waals surface area contributed by atoms with E-state index in [9.17, 15) is 0 Å². The number of rotatable bonds is 6. The van der Waals surface area contributed by atoms with Gasteiger partial charge in [-0.05, 0) is 49.4 Å². The molecule has 2 heterocycles. The van der Waals surface area contributed by atoms with Crippen LogP contribution in [-0.2, 0) is 18.9 Å².